The highest BCUT2D eigenvalue weighted by Crippen LogP contribution is 2.29. The first-order chi connectivity index (χ1) is 9.56. The van der Waals surface area contributed by atoms with Crippen LogP contribution in [-0.4, -0.2) is 32.7 Å². The van der Waals surface area contributed by atoms with E-state index < -0.39 is 0 Å². The van der Waals surface area contributed by atoms with Crippen LogP contribution in [0.25, 0.3) is 0 Å². The summed E-state index contributed by atoms with van der Waals surface area (Å²) in [5.74, 6) is 1.28. The Bertz CT molecular complexity index is 433. The minimum atomic E-state index is -0.0148. The third kappa shape index (κ3) is 5.48. The molecule has 0 heterocycles. The van der Waals surface area contributed by atoms with Gasteiger partial charge in [0.1, 0.15) is 11.5 Å². The van der Waals surface area contributed by atoms with E-state index in [1.807, 2.05) is 0 Å². The van der Waals surface area contributed by atoms with Gasteiger partial charge in [0.2, 0.25) is 5.91 Å². The lowest BCUT2D eigenvalue weighted by Crippen LogP contribution is -2.24. The first-order valence-corrected chi connectivity index (χ1v) is 6.82. The molecule has 0 atom stereocenters. The van der Waals surface area contributed by atoms with Gasteiger partial charge in [-0.1, -0.05) is 13.8 Å². The second-order valence-corrected chi connectivity index (χ2v) is 4.83. The van der Waals surface area contributed by atoms with Gasteiger partial charge in [-0.3, -0.25) is 4.79 Å². The molecule has 0 spiro atoms. The Balaban J connectivity index is 2.49. The Hall–Kier alpha value is -1.75. The van der Waals surface area contributed by atoms with Crippen LogP contribution in [0.1, 0.15) is 26.7 Å². The van der Waals surface area contributed by atoms with E-state index in [1.165, 1.54) is 0 Å². The van der Waals surface area contributed by atoms with E-state index in [-0.39, 0.29) is 5.91 Å². The molecule has 0 fully saturated rings. The zero-order valence-electron chi connectivity index (χ0n) is 12.7. The van der Waals surface area contributed by atoms with Crippen LogP contribution >= 0.6 is 0 Å². The summed E-state index contributed by atoms with van der Waals surface area (Å²) in [7, 11) is 3.16. The lowest BCUT2D eigenvalue weighted by Gasteiger charge is -2.12. The SMILES string of the molecule is COc1ccc(NC(=O)CCCNC(C)C)c(OC)c1. The van der Waals surface area contributed by atoms with Crippen molar-refractivity contribution in [3.63, 3.8) is 0 Å². The van der Waals surface area contributed by atoms with Gasteiger partial charge in [-0.25, -0.2) is 0 Å². The maximum Gasteiger partial charge on any atom is 0.224 e. The molecule has 1 amide bonds. The van der Waals surface area contributed by atoms with Gasteiger partial charge in [0, 0.05) is 18.5 Å². The molecule has 0 radical (unpaired) electrons. The Morgan fingerprint density at radius 3 is 2.60 bits per heavy atom. The average Bonchev–Trinajstić information content (AvgIpc) is 2.43. The quantitative estimate of drug-likeness (QED) is 0.718. The number of hydrogen-bond donors (Lipinski definition) is 2. The number of nitrogens with one attached hydrogen (secondary N) is 2. The van der Waals surface area contributed by atoms with Crippen LogP contribution in [0.15, 0.2) is 18.2 Å². The van der Waals surface area contributed by atoms with Crippen LogP contribution in [0, 0.1) is 0 Å². The van der Waals surface area contributed by atoms with Crippen molar-refractivity contribution in [2.45, 2.75) is 32.7 Å². The normalized spacial score (nSPS) is 10.4. The zero-order valence-corrected chi connectivity index (χ0v) is 12.7. The van der Waals surface area contributed by atoms with Gasteiger partial charge in [-0.2, -0.15) is 0 Å². The molecule has 0 saturated heterocycles. The Labute approximate surface area is 120 Å². The molecule has 5 nitrogen and oxygen atoms in total. The second kappa shape index (κ2) is 8.43. The molecule has 5 heteroatoms. The fourth-order valence-corrected chi connectivity index (χ4v) is 1.75. The minimum Gasteiger partial charge on any atom is -0.497 e. The van der Waals surface area contributed by atoms with Gasteiger partial charge >= 0.3 is 0 Å². The number of rotatable bonds is 8. The second-order valence-electron chi connectivity index (χ2n) is 4.83. The van der Waals surface area contributed by atoms with E-state index in [4.69, 9.17) is 9.47 Å². The van der Waals surface area contributed by atoms with Crippen molar-refractivity contribution in [2.75, 3.05) is 26.1 Å². The van der Waals surface area contributed by atoms with Crippen molar-refractivity contribution in [2.24, 2.45) is 0 Å². The Kier molecular flexibility index (Phi) is 6.87. The van der Waals surface area contributed by atoms with Crippen molar-refractivity contribution in [1.82, 2.24) is 5.32 Å². The summed E-state index contributed by atoms with van der Waals surface area (Å²) in [5, 5.41) is 6.13. The van der Waals surface area contributed by atoms with E-state index in [2.05, 4.69) is 24.5 Å². The van der Waals surface area contributed by atoms with Crippen LogP contribution in [0.4, 0.5) is 5.69 Å². The first kappa shape index (κ1) is 16.3. The minimum absolute atomic E-state index is 0.0148. The van der Waals surface area contributed by atoms with Crippen molar-refractivity contribution >= 4 is 11.6 Å². The summed E-state index contributed by atoms with van der Waals surface area (Å²) in [6.45, 7) is 5.01. The molecule has 0 aliphatic carbocycles. The van der Waals surface area contributed by atoms with E-state index in [1.54, 1.807) is 32.4 Å². The molecule has 0 saturated carbocycles. The molecule has 0 bridgehead atoms. The molecule has 0 aliphatic heterocycles. The predicted molar refractivity (Wildman–Crippen MR) is 80.5 cm³/mol. The maximum atomic E-state index is 11.9. The third-order valence-corrected chi connectivity index (χ3v) is 2.82. The molecular weight excluding hydrogens is 256 g/mol. The number of methoxy groups -OCH3 is 2. The fourth-order valence-electron chi connectivity index (χ4n) is 1.75. The highest BCUT2D eigenvalue weighted by Gasteiger charge is 2.08. The predicted octanol–water partition coefficient (Wildman–Crippen LogP) is 2.42. The first-order valence-electron chi connectivity index (χ1n) is 6.82. The molecule has 0 unspecified atom stereocenters. The standard InChI is InChI=1S/C15H24N2O3/c1-11(2)16-9-5-6-15(18)17-13-8-7-12(19-3)10-14(13)20-4/h7-8,10-11,16H,5-6,9H2,1-4H3,(H,17,18). The number of carbonyl (C=O) groups excluding carboxylic acids is 1. The number of hydrogen-bond acceptors (Lipinski definition) is 4. The molecule has 0 aromatic heterocycles. The van der Waals surface area contributed by atoms with E-state index >= 15 is 0 Å². The summed E-state index contributed by atoms with van der Waals surface area (Å²) in [5.41, 5.74) is 0.662. The van der Waals surface area contributed by atoms with Crippen LogP contribution in [0.3, 0.4) is 0 Å². The molecule has 1 rings (SSSR count). The highest BCUT2D eigenvalue weighted by atomic mass is 16.5. The van der Waals surface area contributed by atoms with Crippen molar-refractivity contribution in [3.05, 3.63) is 18.2 Å². The lowest BCUT2D eigenvalue weighted by molar-refractivity contribution is -0.116. The van der Waals surface area contributed by atoms with Crippen molar-refractivity contribution in [1.29, 1.82) is 0 Å². The molecule has 2 N–H and O–H groups in total. The van der Waals surface area contributed by atoms with Crippen molar-refractivity contribution in [3.8, 4) is 11.5 Å². The molecule has 112 valence electrons. The molecular formula is C15H24N2O3. The van der Waals surface area contributed by atoms with Gasteiger partial charge in [0.15, 0.2) is 0 Å². The van der Waals surface area contributed by atoms with Crippen LogP contribution in [0.2, 0.25) is 0 Å². The lowest BCUT2D eigenvalue weighted by atomic mass is 10.2. The summed E-state index contributed by atoms with van der Waals surface area (Å²) < 4.78 is 10.4. The average molecular weight is 280 g/mol. The Morgan fingerprint density at radius 2 is 2.00 bits per heavy atom. The van der Waals surface area contributed by atoms with E-state index in [9.17, 15) is 4.79 Å². The molecule has 1 aromatic carbocycles. The highest BCUT2D eigenvalue weighted by molar-refractivity contribution is 5.92. The monoisotopic (exact) mass is 280 g/mol. The summed E-state index contributed by atoms with van der Waals surface area (Å²) in [6.07, 6.45) is 1.29. The summed E-state index contributed by atoms with van der Waals surface area (Å²) in [4.78, 5) is 11.9. The Morgan fingerprint density at radius 1 is 1.25 bits per heavy atom. The van der Waals surface area contributed by atoms with Crippen LogP contribution in [0.5, 0.6) is 11.5 Å². The molecule has 1 aromatic rings. The zero-order chi connectivity index (χ0) is 15.0. The van der Waals surface area contributed by atoms with Gasteiger partial charge < -0.3 is 20.1 Å². The number of ether oxygens (including phenoxy) is 2. The van der Waals surface area contributed by atoms with Gasteiger partial charge in [-0.15, -0.1) is 0 Å². The van der Waals surface area contributed by atoms with E-state index in [0.717, 1.165) is 13.0 Å². The third-order valence-electron chi connectivity index (χ3n) is 2.82. The van der Waals surface area contributed by atoms with Crippen LogP contribution < -0.4 is 20.1 Å². The smallest absolute Gasteiger partial charge is 0.224 e. The van der Waals surface area contributed by atoms with E-state index in [0.29, 0.717) is 29.6 Å². The summed E-state index contributed by atoms with van der Waals surface area (Å²) in [6, 6.07) is 5.76. The number of amides is 1. The molecule has 20 heavy (non-hydrogen) atoms. The summed E-state index contributed by atoms with van der Waals surface area (Å²) >= 11 is 0. The number of benzene rings is 1. The van der Waals surface area contributed by atoms with Crippen LogP contribution in [-0.2, 0) is 4.79 Å². The number of carbonyl (C=O) groups is 1. The van der Waals surface area contributed by atoms with Gasteiger partial charge in [0.25, 0.3) is 0 Å². The van der Waals surface area contributed by atoms with Gasteiger partial charge in [-0.05, 0) is 25.1 Å². The van der Waals surface area contributed by atoms with Crippen molar-refractivity contribution < 1.29 is 14.3 Å². The number of anilines is 1. The van der Waals surface area contributed by atoms with Gasteiger partial charge in [0.05, 0.1) is 19.9 Å². The molecule has 0 aliphatic rings. The topological polar surface area (TPSA) is 59.6 Å². The maximum absolute atomic E-state index is 11.9. The largest absolute Gasteiger partial charge is 0.497 e. The fraction of sp³-hybridized carbons (Fsp3) is 0.533.